The summed E-state index contributed by atoms with van der Waals surface area (Å²) in [5.74, 6) is 0.913. The molecule has 3 heterocycles. The summed E-state index contributed by atoms with van der Waals surface area (Å²) in [6, 6.07) is 8.99. The zero-order chi connectivity index (χ0) is 21.1. The Bertz CT molecular complexity index is 1030. The van der Waals surface area contributed by atoms with Gasteiger partial charge in [-0.15, -0.1) is 0 Å². The fourth-order valence-electron chi connectivity index (χ4n) is 3.85. The number of hydrogen-bond acceptors (Lipinski definition) is 8. The molecule has 0 spiro atoms. The van der Waals surface area contributed by atoms with Crippen LogP contribution in [0.5, 0.6) is 5.75 Å². The van der Waals surface area contributed by atoms with Gasteiger partial charge in [-0.05, 0) is 54.7 Å². The molecule has 0 bridgehead atoms. The first kappa shape index (κ1) is 19.4. The number of nitrogen functional groups attached to an aromatic ring is 1. The standard InChI is InChI=1S/C21H23N7O2/c22-20-19(21(23)30)16(11-17(27-20)26-18-12-24-7-8-25-18)13-5-9-28(10-6-13)14-1-3-15(29)4-2-14/h1-4,7-8,11-13,29H,5-6,9-10H2,(H2,23,30)(H3,22,25,26,27). The van der Waals surface area contributed by atoms with Crippen LogP contribution in [0.3, 0.4) is 0 Å². The second-order valence-corrected chi connectivity index (χ2v) is 7.21. The van der Waals surface area contributed by atoms with E-state index in [2.05, 4.69) is 25.2 Å². The summed E-state index contributed by atoms with van der Waals surface area (Å²) < 4.78 is 0. The van der Waals surface area contributed by atoms with Crippen molar-refractivity contribution in [2.75, 3.05) is 29.0 Å². The van der Waals surface area contributed by atoms with E-state index >= 15 is 0 Å². The molecule has 4 rings (SSSR count). The first-order valence-corrected chi connectivity index (χ1v) is 9.68. The number of rotatable bonds is 5. The Morgan fingerprint density at radius 2 is 1.87 bits per heavy atom. The maximum Gasteiger partial charge on any atom is 0.252 e. The van der Waals surface area contributed by atoms with E-state index < -0.39 is 5.91 Å². The smallest absolute Gasteiger partial charge is 0.252 e. The van der Waals surface area contributed by atoms with Crippen LogP contribution in [0.25, 0.3) is 0 Å². The van der Waals surface area contributed by atoms with E-state index in [-0.39, 0.29) is 23.0 Å². The fraction of sp³-hybridized carbons (Fsp3) is 0.238. The number of amides is 1. The third-order valence-corrected chi connectivity index (χ3v) is 5.29. The maximum atomic E-state index is 12.1. The van der Waals surface area contributed by atoms with Crippen LogP contribution in [0.2, 0.25) is 0 Å². The molecule has 3 aromatic rings. The zero-order valence-corrected chi connectivity index (χ0v) is 16.3. The number of phenolic OH excluding ortho intramolecular Hbond substituents is 1. The first-order chi connectivity index (χ1) is 14.5. The monoisotopic (exact) mass is 405 g/mol. The number of pyridine rings is 1. The van der Waals surface area contributed by atoms with Gasteiger partial charge in [-0.25, -0.2) is 9.97 Å². The van der Waals surface area contributed by atoms with Gasteiger partial charge in [0.25, 0.3) is 5.91 Å². The summed E-state index contributed by atoms with van der Waals surface area (Å²) in [4.78, 5) is 26.8. The molecule has 1 saturated heterocycles. The van der Waals surface area contributed by atoms with Gasteiger partial charge >= 0.3 is 0 Å². The van der Waals surface area contributed by atoms with Crippen molar-refractivity contribution in [1.82, 2.24) is 15.0 Å². The summed E-state index contributed by atoms with van der Waals surface area (Å²) in [5, 5.41) is 12.6. The number of nitrogens with zero attached hydrogens (tertiary/aromatic N) is 4. The zero-order valence-electron chi connectivity index (χ0n) is 16.3. The molecule has 1 aliphatic heterocycles. The van der Waals surface area contributed by atoms with Crippen LogP contribution in [-0.2, 0) is 0 Å². The summed E-state index contributed by atoms with van der Waals surface area (Å²) in [6.07, 6.45) is 6.39. The van der Waals surface area contributed by atoms with E-state index in [0.717, 1.165) is 37.2 Å². The molecule has 0 radical (unpaired) electrons. The molecule has 6 N–H and O–H groups in total. The minimum atomic E-state index is -0.581. The van der Waals surface area contributed by atoms with E-state index in [0.29, 0.717) is 11.6 Å². The highest BCUT2D eigenvalue weighted by Crippen LogP contribution is 2.35. The van der Waals surface area contributed by atoms with Crippen molar-refractivity contribution < 1.29 is 9.90 Å². The van der Waals surface area contributed by atoms with Gasteiger partial charge in [0.1, 0.15) is 23.2 Å². The van der Waals surface area contributed by atoms with Crippen molar-refractivity contribution in [3.63, 3.8) is 0 Å². The highest BCUT2D eigenvalue weighted by Gasteiger charge is 2.27. The molecule has 1 amide bonds. The number of carbonyl (C=O) groups is 1. The van der Waals surface area contributed by atoms with Crippen molar-refractivity contribution >= 4 is 29.0 Å². The SMILES string of the molecule is NC(=O)c1c(C2CCN(c3ccc(O)cc3)CC2)cc(Nc2cnccn2)nc1N. The predicted molar refractivity (Wildman–Crippen MR) is 115 cm³/mol. The van der Waals surface area contributed by atoms with E-state index in [1.807, 2.05) is 18.2 Å². The van der Waals surface area contributed by atoms with Crippen molar-refractivity contribution in [1.29, 1.82) is 0 Å². The summed E-state index contributed by atoms with van der Waals surface area (Å²) >= 11 is 0. The average molecular weight is 405 g/mol. The molecular formula is C21H23N7O2. The topological polar surface area (TPSA) is 143 Å². The number of piperidine rings is 1. The minimum absolute atomic E-state index is 0.104. The Morgan fingerprint density at radius 3 is 2.50 bits per heavy atom. The molecule has 1 aliphatic rings. The number of primary amides is 1. The Hall–Kier alpha value is -3.88. The second kappa shape index (κ2) is 8.24. The van der Waals surface area contributed by atoms with Gasteiger partial charge in [-0.2, -0.15) is 0 Å². The lowest BCUT2D eigenvalue weighted by Crippen LogP contribution is -2.33. The van der Waals surface area contributed by atoms with E-state index in [9.17, 15) is 9.90 Å². The highest BCUT2D eigenvalue weighted by molar-refractivity contribution is 5.99. The third-order valence-electron chi connectivity index (χ3n) is 5.29. The highest BCUT2D eigenvalue weighted by atomic mass is 16.3. The molecule has 0 atom stereocenters. The molecule has 30 heavy (non-hydrogen) atoms. The van der Waals surface area contributed by atoms with E-state index in [1.165, 1.54) is 0 Å². The van der Waals surface area contributed by atoms with Crippen LogP contribution in [0, 0.1) is 0 Å². The van der Waals surface area contributed by atoms with Crippen LogP contribution in [0.4, 0.5) is 23.1 Å². The van der Waals surface area contributed by atoms with E-state index in [4.69, 9.17) is 11.5 Å². The normalized spacial score (nSPS) is 14.5. The number of aromatic nitrogens is 3. The molecular weight excluding hydrogens is 382 g/mol. The number of aromatic hydroxyl groups is 1. The summed E-state index contributed by atoms with van der Waals surface area (Å²) in [5.41, 5.74) is 13.8. The van der Waals surface area contributed by atoms with Crippen LogP contribution in [0.1, 0.15) is 34.7 Å². The van der Waals surface area contributed by atoms with Crippen LogP contribution in [0.15, 0.2) is 48.9 Å². The number of hydrogen-bond donors (Lipinski definition) is 4. The number of benzene rings is 1. The van der Waals surface area contributed by atoms with E-state index in [1.54, 1.807) is 30.7 Å². The maximum absolute atomic E-state index is 12.1. The van der Waals surface area contributed by atoms with Gasteiger partial charge in [-0.1, -0.05) is 0 Å². The summed E-state index contributed by atoms with van der Waals surface area (Å²) in [6.45, 7) is 1.62. The fourth-order valence-corrected chi connectivity index (χ4v) is 3.85. The molecule has 0 unspecified atom stereocenters. The van der Waals surface area contributed by atoms with Crippen LogP contribution in [-0.4, -0.2) is 39.1 Å². The quantitative estimate of drug-likeness (QED) is 0.506. The van der Waals surface area contributed by atoms with Gasteiger partial charge in [-0.3, -0.25) is 9.78 Å². The Balaban J connectivity index is 1.57. The van der Waals surface area contributed by atoms with Gasteiger partial charge in [0.15, 0.2) is 0 Å². The lowest BCUT2D eigenvalue weighted by atomic mass is 9.86. The number of anilines is 4. The van der Waals surface area contributed by atoms with Crippen molar-refractivity contribution in [3.05, 3.63) is 60.0 Å². The molecule has 2 aromatic heterocycles. The van der Waals surface area contributed by atoms with Gasteiger partial charge < -0.3 is 26.8 Å². The Labute approximate surface area is 173 Å². The average Bonchev–Trinajstić information content (AvgIpc) is 2.74. The van der Waals surface area contributed by atoms with Crippen LogP contribution >= 0.6 is 0 Å². The van der Waals surface area contributed by atoms with Gasteiger partial charge in [0.2, 0.25) is 0 Å². The lowest BCUT2D eigenvalue weighted by Gasteiger charge is -2.34. The number of nitrogens with two attached hydrogens (primary N) is 2. The Morgan fingerprint density at radius 1 is 1.13 bits per heavy atom. The molecule has 9 heteroatoms. The minimum Gasteiger partial charge on any atom is -0.508 e. The predicted octanol–water partition coefficient (Wildman–Crippen LogP) is 2.39. The van der Waals surface area contributed by atoms with Crippen molar-refractivity contribution in [3.8, 4) is 5.75 Å². The number of phenols is 1. The third kappa shape index (κ3) is 4.09. The second-order valence-electron chi connectivity index (χ2n) is 7.21. The largest absolute Gasteiger partial charge is 0.508 e. The van der Waals surface area contributed by atoms with Crippen molar-refractivity contribution in [2.24, 2.45) is 5.73 Å². The molecule has 1 fully saturated rings. The molecule has 0 aliphatic carbocycles. The van der Waals surface area contributed by atoms with Gasteiger partial charge in [0.05, 0.1) is 11.8 Å². The lowest BCUT2D eigenvalue weighted by molar-refractivity contribution is 0.0999. The molecule has 1 aromatic carbocycles. The molecule has 9 nitrogen and oxygen atoms in total. The van der Waals surface area contributed by atoms with Crippen molar-refractivity contribution in [2.45, 2.75) is 18.8 Å². The Kier molecular flexibility index (Phi) is 5.34. The molecule has 0 saturated carbocycles. The first-order valence-electron chi connectivity index (χ1n) is 9.68. The molecule has 154 valence electrons. The summed E-state index contributed by atoms with van der Waals surface area (Å²) in [7, 11) is 0. The number of carbonyl (C=O) groups excluding carboxylic acids is 1. The van der Waals surface area contributed by atoms with Gasteiger partial charge in [0, 0.05) is 31.2 Å². The number of nitrogens with one attached hydrogen (secondary N) is 1. The van der Waals surface area contributed by atoms with Crippen LogP contribution < -0.4 is 21.7 Å².